The second kappa shape index (κ2) is 9.23. The summed E-state index contributed by atoms with van der Waals surface area (Å²) in [6.45, 7) is 4.70. The number of nitrogens with one attached hydrogen (secondary N) is 1. The normalized spacial score (nSPS) is 29.2. The molecule has 0 amide bonds. The maximum Gasteiger partial charge on any atom is 0.303 e. The molecule has 3 fully saturated rings. The van der Waals surface area contributed by atoms with E-state index in [2.05, 4.69) is 30.7 Å². The summed E-state index contributed by atoms with van der Waals surface area (Å²) >= 11 is -1.56. The van der Waals surface area contributed by atoms with E-state index in [0.29, 0.717) is 35.3 Å². The fourth-order valence-electron chi connectivity index (χ4n) is 4.86. The number of fused-ring (bicyclic) bond motifs is 2. The molecular formula is C22H31NO4S. The number of aliphatic carboxylic acids is 1. The van der Waals surface area contributed by atoms with Crippen LogP contribution in [0, 0.1) is 23.2 Å². The van der Waals surface area contributed by atoms with Crippen molar-refractivity contribution in [3.05, 3.63) is 42.5 Å². The Morgan fingerprint density at radius 3 is 2.71 bits per heavy atom. The summed E-state index contributed by atoms with van der Waals surface area (Å²) in [5.41, 5.74) is 0.335. The zero-order chi connectivity index (χ0) is 20.1. The van der Waals surface area contributed by atoms with Crippen LogP contribution in [0.5, 0.6) is 5.75 Å². The Hall–Kier alpha value is -1.66. The number of carboxylic acid groups (broad SMARTS) is 1. The van der Waals surface area contributed by atoms with Crippen LogP contribution in [0.1, 0.15) is 52.4 Å². The average molecular weight is 406 g/mol. The van der Waals surface area contributed by atoms with Crippen LogP contribution >= 0.6 is 0 Å². The van der Waals surface area contributed by atoms with Gasteiger partial charge < -0.3 is 9.29 Å². The number of allylic oxidation sites excluding steroid dienone is 2. The van der Waals surface area contributed by atoms with E-state index in [1.807, 2.05) is 18.2 Å². The Kier molecular flexibility index (Phi) is 6.94. The summed E-state index contributed by atoms with van der Waals surface area (Å²) in [4.78, 5) is 10.6. The van der Waals surface area contributed by atoms with Crippen molar-refractivity contribution in [2.45, 2.75) is 58.4 Å². The second-order valence-electron chi connectivity index (χ2n) is 8.61. The van der Waals surface area contributed by atoms with Gasteiger partial charge in [0.05, 0.1) is 0 Å². The first-order valence-electron chi connectivity index (χ1n) is 10.2. The van der Waals surface area contributed by atoms with E-state index in [4.69, 9.17) is 9.29 Å². The molecule has 5 atom stereocenters. The molecule has 1 aromatic carbocycles. The number of unbranched alkanes of at least 4 members (excludes halogenated alkanes) is 1. The summed E-state index contributed by atoms with van der Waals surface area (Å²) in [6, 6.07) is 9.41. The molecular weight excluding hydrogens is 374 g/mol. The van der Waals surface area contributed by atoms with Gasteiger partial charge in [-0.1, -0.05) is 44.2 Å². The molecule has 6 heteroatoms. The zero-order valence-corrected chi connectivity index (χ0v) is 17.5. The van der Waals surface area contributed by atoms with Crippen LogP contribution in [-0.4, -0.2) is 21.3 Å². The first-order chi connectivity index (χ1) is 13.4. The molecule has 0 heterocycles. The van der Waals surface area contributed by atoms with Crippen molar-refractivity contribution in [1.29, 1.82) is 0 Å². The molecule has 0 aromatic heterocycles. The number of carboxylic acids is 1. The molecule has 0 radical (unpaired) electrons. The number of hydrogen-bond donors (Lipinski definition) is 2. The largest absolute Gasteiger partial charge is 0.481 e. The highest BCUT2D eigenvalue weighted by Gasteiger charge is 2.57. The third-order valence-electron chi connectivity index (χ3n) is 6.62. The smallest absolute Gasteiger partial charge is 0.303 e. The van der Waals surface area contributed by atoms with Crippen LogP contribution in [0.15, 0.2) is 42.5 Å². The van der Waals surface area contributed by atoms with Gasteiger partial charge >= 0.3 is 5.97 Å². The van der Waals surface area contributed by atoms with Gasteiger partial charge in [-0.15, -0.1) is 0 Å². The number of hydrogen-bond acceptors (Lipinski definition) is 3. The van der Waals surface area contributed by atoms with Crippen LogP contribution < -0.4 is 8.91 Å². The van der Waals surface area contributed by atoms with Crippen molar-refractivity contribution in [2.75, 3.05) is 0 Å². The van der Waals surface area contributed by atoms with Crippen molar-refractivity contribution >= 4 is 17.2 Å². The molecule has 2 bridgehead atoms. The van der Waals surface area contributed by atoms with Gasteiger partial charge in [0.15, 0.2) is 0 Å². The van der Waals surface area contributed by atoms with Crippen LogP contribution in [0.4, 0.5) is 0 Å². The van der Waals surface area contributed by atoms with Crippen LogP contribution in [-0.2, 0) is 16.1 Å². The molecule has 2 unspecified atom stereocenters. The lowest BCUT2D eigenvalue weighted by molar-refractivity contribution is -0.137. The van der Waals surface area contributed by atoms with Crippen molar-refractivity contribution in [3.63, 3.8) is 0 Å². The lowest BCUT2D eigenvalue weighted by Crippen LogP contribution is -2.61. The molecule has 2 N–H and O–H groups in total. The van der Waals surface area contributed by atoms with Gasteiger partial charge in [0, 0.05) is 12.5 Å². The molecule has 0 aliphatic heterocycles. The minimum Gasteiger partial charge on any atom is -0.481 e. The molecule has 3 saturated carbocycles. The highest BCUT2D eigenvalue weighted by atomic mass is 32.2. The van der Waals surface area contributed by atoms with Gasteiger partial charge in [-0.25, -0.2) is 4.72 Å². The van der Waals surface area contributed by atoms with E-state index in [9.17, 15) is 9.00 Å². The predicted molar refractivity (Wildman–Crippen MR) is 111 cm³/mol. The number of para-hydroxylation sites is 1. The van der Waals surface area contributed by atoms with Crippen LogP contribution in [0.25, 0.3) is 0 Å². The summed E-state index contributed by atoms with van der Waals surface area (Å²) in [6.07, 6.45) is 9.13. The third-order valence-corrected chi connectivity index (χ3v) is 7.46. The molecule has 0 saturated heterocycles. The number of carbonyl (C=O) groups is 1. The standard InChI is InChI=1S/C22H31NO4S/c1-22(2)16-14-19(22)18(12-8-3-4-9-13-21(24)25)20(15-16)23-28(26)27-17-10-6-5-7-11-17/h3,5-8,10-11,16,18-20,23H,4,9,12-15H2,1-2H3,(H,24,25)/t16-,18+,19+,20?,28?/m1/s1. The molecule has 28 heavy (non-hydrogen) atoms. The summed E-state index contributed by atoms with van der Waals surface area (Å²) < 4.78 is 21.2. The number of benzene rings is 1. The molecule has 5 nitrogen and oxygen atoms in total. The van der Waals surface area contributed by atoms with Crippen molar-refractivity contribution in [2.24, 2.45) is 23.2 Å². The lowest BCUT2D eigenvalue weighted by atomic mass is 9.44. The molecule has 4 rings (SSSR count). The minimum absolute atomic E-state index is 0.171. The number of rotatable bonds is 10. The molecule has 154 valence electrons. The van der Waals surface area contributed by atoms with E-state index in [-0.39, 0.29) is 12.5 Å². The van der Waals surface area contributed by atoms with Gasteiger partial charge in [0.1, 0.15) is 5.75 Å². The summed E-state index contributed by atoms with van der Waals surface area (Å²) in [7, 11) is 0. The zero-order valence-electron chi connectivity index (χ0n) is 16.7. The van der Waals surface area contributed by atoms with Gasteiger partial charge in [-0.05, 0) is 67.4 Å². The Morgan fingerprint density at radius 1 is 1.29 bits per heavy atom. The maximum absolute atomic E-state index is 12.5. The van der Waals surface area contributed by atoms with E-state index >= 15 is 0 Å². The maximum atomic E-state index is 12.5. The van der Waals surface area contributed by atoms with E-state index in [1.165, 1.54) is 6.42 Å². The fraction of sp³-hybridized carbons (Fsp3) is 0.591. The van der Waals surface area contributed by atoms with E-state index in [0.717, 1.165) is 19.3 Å². The first-order valence-corrected chi connectivity index (χ1v) is 11.2. The first kappa shape index (κ1) is 21.1. The van der Waals surface area contributed by atoms with Crippen molar-refractivity contribution in [3.8, 4) is 5.75 Å². The Balaban J connectivity index is 1.56. The Labute approximate surface area is 170 Å². The van der Waals surface area contributed by atoms with Gasteiger partial charge in [-0.2, -0.15) is 4.21 Å². The monoisotopic (exact) mass is 405 g/mol. The van der Waals surface area contributed by atoms with Crippen molar-refractivity contribution < 1.29 is 18.3 Å². The summed E-state index contributed by atoms with van der Waals surface area (Å²) in [5.74, 6) is 1.55. The minimum atomic E-state index is -1.56. The van der Waals surface area contributed by atoms with E-state index < -0.39 is 17.2 Å². The van der Waals surface area contributed by atoms with Crippen LogP contribution in [0.3, 0.4) is 0 Å². The molecule has 3 aliphatic rings. The van der Waals surface area contributed by atoms with Gasteiger partial charge in [-0.3, -0.25) is 4.79 Å². The highest BCUT2D eigenvalue weighted by molar-refractivity contribution is 7.78. The Bertz CT molecular complexity index is 719. The Morgan fingerprint density at radius 2 is 2.04 bits per heavy atom. The highest BCUT2D eigenvalue weighted by Crippen LogP contribution is 2.62. The molecule has 1 aromatic rings. The average Bonchev–Trinajstić information content (AvgIpc) is 2.65. The van der Waals surface area contributed by atoms with E-state index in [1.54, 1.807) is 12.1 Å². The predicted octanol–water partition coefficient (Wildman–Crippen LogP) is 4.49. The summed E-state index contributed by atoms with van der Waals surface area (Å²) in [5, 5.41) is 8.72. The third kappa shape index (κ3) is 5.03. The fourth-order valence-corrected chi connectivity index (χ4v) is 5.71. The van der Waals surface area contributed by atoms with Gasteiger partial charge in [0.25, 0.3) is 11.3 Å². The lowest BCUT2D eigenvalue weighted by Gasteiger charge is -2.62. The van der Waals surface area contributed by atoms with Crippen LogP contribution in [0.2, 0.25) is 0 Å². The second-order valence-corrected chi connectivity index (χ2v) is 9.48. The molecule has 3 aliphatic carbocycles. The SMILES string of the molecule is CC1(C)[C@H]2CC(NS(=O)Oc3ccccc3)[C@@H](CC=CCCCC(=O)O)[C@@H]1C2. The quantitative estimate of drug-likeness (QED) is 0.444. The van der Waals surface area contributed by atoms with Gasteiger partial charge in [0.2, 0.25) is 0 Å². The topological polar surface area (TPSA) is 75.6 Å². The molecule has 0 spiro atoms. The van der Waals surface area contributed by atoms with Crippen molar-refractivity contribution in [1.82, 2.24) is 4.72 Å².